The van der Waals surface area contributed by atoms with Gasteiger partial charge in [-0.05, 0) is 147 Å². The third-order valence-corrected chi connectivity index (χ3v) is 15.4. The van der Waals surface area contributed by atoms with Crippen molar-refractivity contribution in [3.63, 3.8) is 0 Å². The average Bonchev–Trinajstić information content (AvgIpc) is 0.800. The summed E-state index contributed by atoms with van der Waals surface area (Å²) in [5.41, 5.74) is 6.50. The second-order valence-electron chi connectivity index (χ2n) is 26.9. The number of methoxy groups -OCH3 is 3. The van der Waals surface area contributed by atoms with Crippen molar-refractivity contribution in [2.75, 3.05) is 21.3 Å². The van der Waals surface area contributed by atoms with Gasteiger partial charge in [-0.25, -0.2) is 28.8 Å². The molecule has 7 aromatic carbocycles. The molecule has 0 saturated heterocycles. The lowest BCUT2D eigenvalue weighted by molar-refractivity contribution is -0.145. The van der Waals surface area contributed by atoms with Crippen molar-refractivity contribution in [2.45, 2.75) is 154 Å². The summed E-state index contributed by atoms with van der Waals surface area (Å²) in [5.74, 6) is -3.97. The summed E-state index contributed by atoms with van der Waals surface area (Å²) in [6.07, 6.45) is -1.98. The third kappa shape index (κ3) is 24.6. The number of nitrogens with one attached hydrogen (secondary N) is 6. The topological polar surface area (TPSA) is 281 Å². The van der Waals surface area contributed by atoms with Crippen LogP contribution in [0.2, 0.25) is 0 Å². The van der Waals surface area contributed by atoms with Crippen LogP contribution in [0, 0.1) is 0 Å². The van der Waals surface area contributed by atoms with Crippen LogP contribution in [-0.2, 0) is 95.7 Å². The van der Waals surface area contributed by atoms with Gasteiger partial charge < -0.3 is 60.3 Å². The summed E-state index contributed by atoms with van der Waals surface area (Å²) < 4.78 is 32.0. The highest BCUT2D eigenvalue weighted by Gasteiger charge is 2.33. The SMILES string of the molecule is COC(=O)[C@H](Cc1ccc(-c2cc(-c3ccc(C[C@H](NC(=O)[C@@H](Cc4ccccc4)NC(=O)OC(C)(C)C)C(=O)OC)cc3)cc(-c3ccc(C[C@H](NC(=O)[C@@H](Cc4ccccc4)NC(=O)OC(C)(C)C)C(=O)OC)cc3)c2)cc1)NC(=O)[C@@H](Cc1ccccc1)NC(=O)OC(C)(C)C. The summed E-state index contributed by atoms with van der Waals surface area (Å²) in [6.45, 7) is 15.4. The number of carbonyl (C=O) groups excluding carboxylic acids is 9. The summed E-state index contributed by atoms with van der Waals surface area (Å²) >= 11 is 0. The van der Waals surface area contributed by atoms with E-state index in [1.807, 2.05) is 182 Å². The second kappa shape index (κ2) is 34.9. The highest BCUT2D eigenvalue weighted by molar-refractivity contribution is 5.92. The van der Waals surface area contributed by atoms with Gasteiger partial charge in [-0.15, -0.1) is 0 Å². The molecular weight excluding hydrogens is 1260 g/mol. The van der Waals surface area contributed by atoms with Crippen molar-refractivity contribution in [3.05, 3.63) is 215 Å². The number of alkyl carbamates (subject to hydrolysis) is 3. The van der Waals surface area contributed by atoms with Gasteiger partial charge in [-0.2, -0.15) is 0 Å². The van der Waals surface area contributed by atoms with Crippen LogP contribution in [0.5, 0.6) is 0 Å². The lowest BCUT2D eigenvalue weighted by Crippen LogP contribution is -2.53. The minimum atomic E-state index is -1.15. The molecule has 7 rings (SSSR count). The van der Waals surface area contributed by atoms with Gasteiger partial charge in [0.05, 0.1) is 21.3 Å². The maximum absolute atomic E-state index is 14.1. The standard InChI is InChI=1S/C78H90N6O15/c1-76(2,3)97-73(91)82-61(40-49-22-16-13-17-23-49)67(85)79-64(70(88)94-10)43-52-28-34-55(35-29-52)58-46-59(56-36-30-53(31-37-56)44-65(71(89)95-11)80-68(86)62(41-50-24-18-14-19-25-50)83-74(92)98-77(4,5)6)48-60(47-58)57-38-32-54(33-39-57)45-66(72(90)96-12)81-69(87)63(42-51-26-20-15-21-27-51)84-75(93)99-78(7,8)9/h13-39,46-48,61-66H,40-45H2,1-12H3,(H,79,85)(H,80,86)(H,81,87)(H,82,91)(H,83,92)(H,84,93)/t61-,62-,63-,64+,65+,66+/m1/s1. The van der Waals surface area contributed by atoms with Gasteiger partial charge in [0.15, 0.2) is 0 Å². The Hall–Kier alpha value is -10.8. The number of hydrogen-bond acceptors (Lipinski definition) is 15. The normalized spacial score (nSPS) is 13.2. The molecule has 21 nitrogen and oxygen atoms in total. The van der Waals surface area contributed by atoms with Crippen LogP contribution >= 0.6 is 0 Å². The van der Waals surface area contributed by atoms with Gasteiger partial charge in [0.1, 0.15) is 53.1 Å². The fraction of sp³-hybridized carbons (Fsp3) is 0.346. The molecule has 0 spiro atoms. The molecule has 0 aromatic heterocycles. The van der Waals surface area contributed by atoms with E-state index >= 15 is 0 Å². The van der Waals surface area contributed by atoms with Crippen LogP contribution < -0.4 is 31.9 Å². The first kappa shape index (κ1) is 75.5. The molecule has 99 heavy (non-hydrogen) atoms. The van der Waals surface area contributed by atoms with Crippen LogP contribution in [-0.4, -0.2) is 128 Å². The Morgan fingerprint density at radius 2 is 0.475 bits per heavy atom. The van der Waals surface area contributed by atoms with Crippen molar-refractivity contribution < 1.29 is 71.6 Å². The first-order valence-corrected chi connectivity index (χ1v) is 32.6. The fourth-order valence-electron chi connectivity index (χ4n) is 10.7. The minimum Gasteiger partial charge on any atom is -0.467 e. The van der Waals surface area contributed by atoms with E-state index < -0.39 is 107 Å². The van der Waals surface area contributed by atoms with Gasteiger partial charge in [0.25, 0.3) is 0 Å². The molecule has 21 heteroatoms. The Morgan fingerprint density at radius 3 is 0.677 bits per heavy atom. The molecule has 0 saturated carbocycles. The van der Waals surface area contributed by atoms with E-state index in [1.165, 1.54) is 21.3 Å². The van der Waals surface area contributed by atoms with Gasteiger partial charge in [-0.1, -0.05) is 164 Å². The molecule has 0 bridgehead atoms. The summed E-state index contributed by atoms with van der Waals surface area (Å²) in [7, 11) is 3.68. The van der Waals surface area contributed by atoms with E-state index in [9.17, 15) is 43.2 Å². The number of rotatable bonds is 27. The Kier molecular flexibility index (Phi) is 26.6. The Labute approximate surface area is 578 Å². The van der Waals surface area contributed by atoms with Crippen LogP contribution in [0.3, 0.4) is 0 Å². The number of benzene rings is 7. The molecule has 6 atom stereocenters. The molecule has 0 fully saturated rings. The summed E-state index contributed by atoms with van der Waals surface area (Å²) in [4.78, 5) is 122. The Bertz CT molecular complexity index is 3470. The molecule has 0 unspecified atom stereocenters. The number of ether oxygens (including phenoxy) is 6. The predicted molar refractivity (Wildman–Crippen MR) is 376 cm³/mol. The molecule has 0 radical (unpaired) electrons. The molecule has 0 heterocycles. The van der Waals surface area contributed by atoms with E-state index in [-0.39, 0.29) is 38.5 Å². The van der Waals surface area contributed by atoms with E-state index in [1.54, 1.807) is 62.3 Å². The van der Waals surface area contributed by atoms with Gasteiger partial charge in [0, 0.05) is 38.5 Å². The Morgan fingerprint density at radius 1 is 0.273 bits per heavy atom. The van der Waals surface area contributed by atoms with E-state index in [4.69, 9.17) is 28.4 Å². The van der Waals surface area contributed by atoms with E-state index in [0.717, 1.165) is 50.1 Å². The quantitative estimate of drug-likeness (QED) is 0.0206. The van der Waals surface area contributed by atoms with Crippen LogP contribution in [0.1, 0.15) is 95.7 Å². The summed E-state index contributed by atoms with van der Waals surface area (Å²) in [6, 6.07) is 49.0. The zero-order valence-electron chi connectivity index (χ0n) is 58.2. The van der Waals surface area contributed by atoms with Gasteiger partial charge in [-0.3, -0.25) is 14.4 Å². The molecule has 0 aliphatic carbocycles. The molecule has 6 amide bonds. The Balaban J connectivity index is 1.19. The zero-order valence-corrected chi connectivity index (χ0v) is 58.2. The lowest BCUT2D eigenvalue weighted by atomic mass is 9.91. The largest absolute Gasteiger partial charge is 0.467 e. The zero-order chi connectivity index (χ0) is 72.0. The summed E-state index contributed by atoms with van der Waals surface area (Å²) in [5, 5.41) is 16.5. The predicted octanol–water partition coefficient (Wildman–Crippen LogP) is 10.7. The van der Waals surface area contributed by atoms with E-state index in [2.05, 4.69) is 31.9 Å². The fourth-order valence-corrected chi connectivity index (χ4v) is 10.7. The van der Waals surface area contributed by atoms with Crippen LogP contribution in [0.15, 0.2) is 182 Å². The highest BCUT2D eigenvalue weighted by Crippen LogP contribution is 2.34. The lowest BCUT2D eigenvalue weighted by Gasteiger charge is -2.25. The second-order valence-corrected chi connectivity index (χ2v) is 26.9. The maximum Gasteiger partial charge on any atom is 0.408 e. The van der Waals surface area contributed by atoms with Gasteiger partial charge in [0.2, 0.25) is 17.7 Å². The molecule has 0 aliphatic heterocycles. The number of esters is 3. The average molecular weight is 1350 g/mol. The molecular formula is C78H90N6O15. The number of carbonyl (C=O) groups is 9. The highest BCUT2D eigenvalue weighted by atomic mass is 16.6. The van der Waals surface area contributed by atoms with Gasteiger partial charge >= 0.3 is 36.2 Å². The molecule has 0 aliphatic rings. The van der Waals surface area contributed by atoms with Crippen molar-refractivity contribution in [1.82, 2.24) is 31.9 Å². The number of hydrogen-bond donors (Lipinski definition) is 6. The van der Waals surface area contributed by atoms with Crippen LogP contribution in [0.25, 0.3) is 33.4 Å². The molecule has 6 N–H and O–H groups in total. The maximum atomic E-state index is 14.1. The van der Waals surface area contributed by atoms with Crippen molar-refractivity contribution in [3.8, 4) is 33.4 Å². The first-order valence-electron chi connectivity index (χ1n) is 32.6. The van der Waals surface area contributed by atoms with Crippen molar-refractivity contribution in [1.29, 1.82) is 0 Å². The first-order chi connectivity index (χ1) is 46.9. The van der Waals surface area contributed by atoms with Crippen molar-refractivity contribution >= 4 is 53.9 Å². The molecule has 522 valence electrons. The van der Waals surface area contributed by atoms with E-state index in [0.29, 0.717) is 16.7 Å². The monoisotopic (exact) mass is 1350 g/mol. The third-order valence-electron chi connectivity index (χ3n) is 15.4. The minimum absolute atomic E-state index is 0.0304. The number of amides is 6. The van der Waals surface area contributed by atoms with Crippen molar-refractivity contribution in [2.24, 2.45) is 0 Å². The smallest absolute Gasteiger partial charge is 0.408 e. The molecule has 7 aromatic rings. The van der Waals surface area contributed by atoms with Crippen LogP contribution in [0.4, 0.5) is 14.4 Å².